The molecule has 118 valence electrons. The standard InChI is InChI=1S/C18H16O5/c1-2-7-22-13-5-3-11(4-6-13)8-16-18(21)17-14(20)9-12(19)10-15(17)23-16/h3-6,8-10,19-20H,2,7H2,1H3. The first-order valence-corrected chi connectivity index (χ1v) is 7.31. The Hall–Kier alpha value is -2.95. The molecule has 0 spiro atoms. The molecule has 23 heavy (non-hydrogen) atoms. The molecule has 0 aromatic heterocycles. The van der Waals surface area contributed by atoms with Crippen LogP contribution in [-0.4, -0.2) is 22.6 Å². The molecule has 1 aliphatic rings. The van der Waals surface area contributed by atoms with E-state index >= 15 is 0 Å². The Morgan fingerprint density at radius 1 is 1.17 bits per heavy atom. The highest BCUT2D eigenvalue weighted by molar-refractivity contribution is 6.16. The smallest absolute Gasteiger partial charge is 0.235 e. The molecule has 0 saturated carbocycles. The molecular formula is C18H16O5. The quantitative estimate of drug-likeness (QED) is 0.845. The maximum atomic E-state index is 12.3. The van der Waals surface area contributed by atoms with Gasteiger partial charge in [0.15, 0.2) is 5.76 Å². The molecule has 5 nitrogen and oxygen atoms in total. The summed E-state index contributed by atoms with van der Waals surface area (Å²) in [6, 6.07) is 9.68. The van der Waals surface area contributed by atoms with Crippen molar-refractivity contribution in [3.63, 3.8) is 0 Å². The third-order valence-corrected chi connectivity index (χ3v) is 3.39. The number of rotatable bonds is 4. The average Bonchev–Trinajstić information content (AvgIpc) is 2.82. The van der Waals surface area contributed by atoms with Gasteiger partial charge in [-0.2, -0.15) is 0 Å². The normalized spacial score (nSPS) is 14.7. The van der Waals surface area contributed by atoms with Crippen molar-refractivity contribution >= 4 is 11.9 Å². The third-order valence-electron chi connectivity index (χ3n) is 3.39. The molecule has 0 radical (unpaired) electrons. The topological polar surface area (TPSA) is 76.0 Å². The molecule has 1 heterocycles. The van der Waals surface area contributed by atoms with Crippen molar-refractivity contribution in [1.29, 1.82) is 0 Å². The summed E-state index contributed by atoms with van der Waals surface area (Å²) in [7, 11) is 0. The van der Waals surface area contributed by atoms with Crippen LogP contribution >= 0.6 is 0 Å². The Morgan fingerprint density at radius 2 is 1.91 bits per heavy atom. The molecule has 0 atom stereocenters. The predicted molar refractivity (Wildman–Crippen MR) is 84.9 cm³/mol. The van der Waals surface area contributed by atoms with Crippen LogP contribution in [0.3, 0.4) is 0 Å². The number of fused-ring (bicyclic) bond motifs is 1. The molecule has 0 aliphatic carbocycles. The SMILES string of the molecule is CCCOc1ccc(C=C2Oc3cc(O)cc(O)c3C2=O)cc1. The van der Waals surface area contributed by atoms with Gasteiger partial charge in [-0.15, -0.1) is 0 Å². The lowest BCUT2D eigenvalue weighted by Crippen LogP contribution is -1.98. The van der Waals surface area contributed by atoms with Gasteiger partial charge in [0.25, 0.3) is 0 Å². The fraction of sp³-hybridized carbons (Fsp3) is 0.167. The molecule has 2 aromatic carbocycles. The molecule has 0 bridgehead atoms. The van der Waals surface area contributed by atoms with Crippen LogP contribution in [0.4, 0.5) is 0 Å². The lowest BCUT2D eigenvalue weighted by atomic mass is 10.1. The van der Waals surface area contributed by atoms with Gasteiger partial charge in [0.1, 0.15) is 28.6 Å². The number of hydrogen-bond donors (Lipinski definition) is 2. The molecule has 0 amide bonds. The van der Waals surface area contributed by atoms with E-state index in [1.807, 2.05) is 31.2 Å². The van der Waals surface area contributed by atoms with Gasteiger partial charge in [0.05, 0.1) is 6.61 Å². The summed E-state index contributed by atoms with van der Waals surface area (Å²) < 4.78 is 10.9. The van der Waals surface area contributed by atoms with Crippen molar-refractivity contribution in [3.8, 4) is 23.0 Å². The van der Waals surface area contributed by atoms with Gasteiger partial charge < -0.3 is 19.7 Å². The lowest BCUT2D eigenvalue weighted by molar-refractivity contribution is 0.101. The van der Waals surface area contributed by atoms with Crippen LogP contribution in [0.5, 0.6) is 23.0 Å². The van der Waals surface area contributed by atoms with Gasteiger partial charge in [-0.25, -0.2) is 0 Å². The van der Waals surface area contributed by atoms with Gasteiger partial charge in [-0.05, 0) is 30.2 Å². The zero-order valence-corrected chi connectivity index (χ0v) is 12.6. The third kappa shape index (κ3) is 2.99. The molecule has 3 rings (SSSR count). The van der Waals surface area contributed by atoms with E-state index in [-0.39, 0.29) is 28.6 Å². The van der Waals surface area contributed by atoms with E-state index in [1.54, 1.807) is 6.08 Å². The number of ketones is 1. The molecule has 2 N–H and O–H groups in total. The van der Waals surface area contributed by atoms with Crippen LogP contribution in [0.15, 0.2) is 42.2 Å². The zero-order valence-electron chi connectivity index (χ0n) is 12.6. The second kappa shape index (κ2) is 6.04. The second-order valence-electron chi connectivity index (χ2n) is 5.20. The number of aromatic hydroxyl groups is 2. The van der Waals surface area contributed by atoms with E-state index < -0.39 is 5.78 Å². The summed E-state index contributed by atoms with van der Waals surface area (Å²) >= 11 is 0. The van der Waals surface area contributed by atoms with Gasteiger partial charge in [0, 0.05) is 12.1 Å². The Balaban J connectivity index is 1.84. The van der Waals surface area contributed by atoms with Crippen LogP contribution < -0.4 is 9.47 Å². The number of carbonyl (C=O) groups excluding carboxylic acids is 1. The summed E-state index contributed by atoms with van der Waals surface area (Å²) in [5.41, 5.74) is 0.839. The first-order chi connectivity index (χ1) is 11.1. The van der Waals surface area contributed by atoms with E-state index in [0.717, 1.165) is 23.8 Å². The number of benzene rings is 2. The Kier molecular flexibility index (Phi) is 3.93. The zero-order chi connectivity index (χ0) is 16.4. The summed E-state index contributed by atoms with van der Waals surface area (Å²) in [5, 5.41) is 19.2. The largest absolute Gasteiger partial charge is 0.508 e. The Labute approximate surface area is 133 Å². The highest BCUT2D eigenvalue weighted by Crippen LogP contribution is 2.40. The highest BCUT2D eigenvalue weighted by Gasteiger charge is 2.31. The van der Waals surface area contributed by atoms with E-state index in [1.165, 1.54) is 6.07 Å². The van der Waals surface area contributed by atoms with Crippen molar-refractivity contribution in [2.75, 3.05) is 6.61 Å². The maximum Gasteiger partial charge on any atom is 0.235 e. The second-order valence-corrected chi connectivity index (χ2v) is 5.20. The maximum absolute atomic E-state index is 12.3. The molecule has 2 aromatic rings. The monoisotopic (exact) mass is 312 g/mol. The van der Waals surface area contributed by atoms with E-state index in [2.05, 4.69) is 0 Å². The summed E-state index contributed by atoms with van der Waals surface area (Å²) in [5.74, 6) is 0.150. The number of allylic oxidation sites excluding steroid dienone is 1. The summed E-state index contributed by atoms with van der Waals surface area (Å²) in [6.45, 7) is 2.69. The molecular weight excluding hydrogens is 296 g/mol. The van der Waals surface area contributed by atoms with Gasteiger partial charge in [0.2, 0.25) is 5.78 Å². The van der Waals surface area contributed by atoms with Gasteiger partial charge in [-0.3, -0.25) is 4.79 Å². The predicted octanol–water partition coefficient (Wildman–Crippen LogP) is 3.50. The minimum Gasteiger partial charge on any atom is -0.508 e. The van der Waals surface area contributed by atoms with Crippen molar-refractivity contribution in [1.82, 2.24) is 0 Å². The average molecular weight is 312 g/mol. The molecule has 0 unspecified atom stereocenters. The summed E-state index contributed by atoms with van der Waals surface area (Å²) in [6.07, 6.45) is 2.52. The Bertz CT molecular complexity index is 775. The van der Waals surface area contributed by atoms with Crippen LogP contribution in [-0.2, 0) is 0 Å². The molecule has 5 heteroatoms. The number of phenolic OH excluding ortho intramolecular Hbond substituents is 2. The number of hydrogen-bond acceptors (Lipinski definition) is 5. The van der Waals surface area contributed by atoms with Crippen molar-refractivity contribution in [2.24, 2.45) is 0 Å². The fourth-order valence-electron chi connectivity index (χ4n) is 2.31. The first-order valence-electron chi connectivity index (χ1n) is 7.31. The number of Topliss-reactive ketones (excluding diaryl/α,β-unsaturated/α-hetero) is 1. The minimum atomic E-state index is -0.413. The highest BCUT2D eigenvalue weighted by atomic mass is 16.5. The van der Waals surface area contributed by atoms with E-state index in [4.69, 9.17) is 9.47 Å². The van der Waals surface area contributed by atoms with Crippen LogP contribution in [0.2, 0.25) is 0 Å². The van der Waals surface area contributed by atoms with E-state index in [0.29, 0.717) is 6.61 Å². The summed E-state index contributed by atoms with van der Waals surface area (Å²) in [4.78, 5) is 12.3. The molecule has 0 fully saturated rings. The van der Waals surface area contributed by atoms with Crippen molar-refractivity contribution in [2.45, 2.75) is 13.3 Å². The fourth-order valence-corrected chi connectivity index (χ4v) is 2.31. The lowest BCUT2D eigenvalue weighted by Gasteiger charge is -2.04. The van der Waals surface area contributed by atoms with Crippen molar-refractivity contribution in [3.05, 3.63) is 53.3 Å². The van der Waals surface area contributed by atoms with Gasteiger partial charge >= 0.3 is 0 Å². The van der Waals surface area contributed by atoms with Crippen LogP contribution in [0.25, 0.3) is 6.08 Å². The number of carbonyl (C=O) groups is 1. The van der Waals surface area contributed by atoms with Crippen LogP contribution in [0.1, 0.15) is 29.3 Å². The van der Waals surface area contributed by atoms with Crippen LogP contribution in [0, 0.1) is 0 Å². The van der Waals surface area contributed by atoms with Gasteiger partial charge in [-0.1, -0.05) is 19.1 Å². The number of ether oxygens (including phenoxy) is 2. The van der Waals surface area contributed by atoms with E-state index in [9.17, 15) is 15.0 Å². The molecule has 0 saturated heterocycles. The minimum absolute atomic E-state index is 0.0666. The first kappa shape index (κ1) is 15.0. The molecule has 1 aliphatic heterocycles. The number of phenols is 2. The van der Waals surface area contributed by atoms with Crippen molar-refractivity contribution < 1.29 is 24.5 Å². The Morgan fingerprint density at radius 3 is 2.61 bits per heavy atom.